The third kappa shape index (κ3) is 3.06. The van der Waals surface area contributed by atoms with E-state index in [1.54, 1.807) is 6.33 Å². The van der Waals surface area contributed by atoms with Gasteiger partial charge in [0.25, 0.3) is 0 Å². The molecule has 3 atom stereocenters. The minimum atomic E-state index is -0.618. The highest BCUT2D eigenvalue weighted by atomic mass is 16.4. The first-order chi connectivity index (χ1) is 12.2. The Morgan fingerprint density at radius 1 is 1.28 bits per heavy atom. The number of rotatable bonds is 5. The van der Waals surface area contributed by atoms with Crippen LogP contribution in [0.25, 0.3) is 0 Å². The Kier molecular flexibility index (Phi) is 4.29. The van der Waals surface area contributed by atoms with Crippen LogP contribution in [0.2, 0.25) is 0 Å². The number of hydrogen-bond acceptors (Lipinski definition) is 4. The number of benzene rings is 1. The molecule has 1 N–H and O–H groups in total. The van der Waals surface area contributed by atoms with Crippen LogP contribution < -0.4 is 0 Å². The van der Waals surface area contributed by atoms with E-state index in [1.807, 2.05) is 10.7 Å². The maximum absolute atomic E-state index is 12.1. The first kappa shape index (κ1) is 16.3. The maximum atomic E-state index is 12.1. The second-order valence-corrected chi connectivity index (χ2v) is 7.43. The van der Waals surface area contributed by atoms with Crippen LogP contribution >= 0.6 is 0 Å². The predicted molar refractivity (Wildman–Crippen MR) is 93.1 cm³/mol. The summed E-state index contributed by atoms with van der Waals surface area (Å²) >= 11 is 0. The van der Waals surface area contributed by atoms with E-state index in [0.717, 1.165) is 38.9 Å². The number of carboxylic acids is 1. The van der Waals surface area contributed by atoms with Gasteiger partial charge in [-0.3, -0.25) is 9.48 Å². The highest BCUT2D eigenvalue weighted by Gasteiger charge is 2.54. The number of hydrogen-bond donors (Lipinski definition) is 1. The average Bonchev–Trinajstić information content (AvgIpc) is 3.28. The number of carboxylic acid groups (broad SMARTS) is 1. The van der Waals surface area contributed by atoms with Crippen molar-refractivity contribution in [1.29, 1.82) is 0 Å². The Hall–Kier alpha value is -2.21. The van der Waals surface area contributed by atoms with Crippen LogP contribution in [-0.2, 0) is 11.3 Å². The van der Waals surface area contributed by atoms with E-state index < -0.39 is 11.4 Å². The molecule has 1 saturated carbocycles. The molecular weight excluding hydrogens is 316 g/mol. The second-order valence-electron chi connectivity index (χ2n) is 7.43. The maximum Gasteiger partial charge on any atom is 0.311 e. The van der Waals surface area contributed by atoms with Crippen molar-refractivity contribution in [2.24, 2.45) is 11.3 Å². The van der Waals surface area contributed by atoms with Crippen molar-refractivity contribution in [2.45, 2.75) is 31.7 Å². The van der Waals surface area contributed by atoms with Gasteiger partial charge in [-0.05, 0) is 36.7 Å². The molecule has 0 radical (unpaired) electrons. The molecule has 1 saturated heterocycles. The lowest BCUT2D eigenvalue weighted by Crippen LogP contribution is -2.42. The Morgan fingerprint density at radius 2 is 2.12 bits per heavy atom. The van der Waals surface area contributed by atoms with Crippen LogP contribution in [0.5, 0.6) is 0 Å². The van der Waals surface area contributed by atoms with E-state index in [0.29, 0.717) is 12.5 Å². The molecule has 1 aliphatic carbocycles. The van der Waals surface area contributed by atoms with Crippen molar-refractivity contribution >= 4 is 5.97 Å². The molecule has 2 aliphatic rings. The van der Waals surface area contributed by atoms with E-state index in [1.165, 1.54) is 11.9 Å². The number of aliphatic carboxylic acids is 1. The topological polar surface area (TPSA) is 71.2 Å². The zero-order valence-corrected chi connectivity index (χ0v) is 14.3. The molecule has 1 aromatic carbocycles. The second kappa shape index (κ2) is 6.59. The average molecular weight is 340 g/mol. The van der Waals surface area contributed by atoms with Gasteiger partial charge in [0.1, 0.15) is 12.7 Å². The molecular formula is C19H24N4O2. The zero-order chi connectivity index (χ0) is 17.3. The van der Waals surface area contributed by atoms with Crippen molar-refractivity contribution in [2.75, 3.05) is 19.6 Å². The highest BCUT2D eigenvalue weighted by molar-refractivity contribution is 5.76. The summed E-state index contributed by atoms with van der Waals surface area (Å²) in [7, 11) is 0. The van der Waals surface area contributed by atoms with Gasteiger partial charge >= 0.3 is 5.97 Å². The Bertz CT molecular complexity index is 718. The third-order valence-corrected chi connectivity index (χ3v) is 6.08. The summed E-state index contributed by atoms with van der Waals surface area (Å²) < 4.78 is 1.81. The van der Waals surface area contributed by atoms with Crippen LogP contribution in [0.4, 0.5) is 0 Å². The standard InChI is InChI=1S/C19H24N4O2/c24-18(25)19-7-6-16(15-4-2-1-3-5-15)10-17(19)11-22(12-19)8-9-23-14-20-13-21-23/h1-5,13-14,16-17H,6-12H2,(H,24,25)/t16-,17-,19-/m0/s1. The summed E-state index contributed by atoms with van der Waals surface area (Å²) in [5, 5.41) is 14.1. The summed E-state index contributed by atoms with van der Waals surface area (Å²) in [5.74, 6) is 0.0842. The minimum absolute atomic E-state index is 0.222. The van der Waals surface area contributed by atoms with E-state index >= 15 is 0 Å². The van der Waals surface area contributed by atoms with E-state index in [-0.39, 0.29) is 5.92 Å². The van der Waals surface area contributed by atoms with E-state index in [9.17, 15) is 9.90 Å². The summed E-state index contributed by atoms with van der Waals surface area (Å²) in [4.78, 5) is 18.4. The molecule has 1 aliphatic heterocycles. The smallest absolute Gasteiger partial charge is 0.311 e. The largest absolute Gasteiger partial charge is 0.481 e. The van der Waals surface area contributed by atoms with Gasteiger partial charge in [-0.15, -0.1) is 0 Å². The normalized spacial score (nSPS) is 29.4. The van der Waals surface area contributed by atoms with Crippen LogP contribution in [0.15, 0.2) is 43.0 Å². The Labute approximate surface area is 147 Å². The van der Waals surface area contributed by atoms with Gasteiger partial charge in [-0.25, -0.2) is 4.98 Å². The van der Waals surface area contributed by atoms with Gasteiger partial charge in [0.05, 0.1) is 12.0 Å². The highest BCUT2D eigenvalue weighted by Crippen LogP contribution is 2.51. The number of nitrogens with zero attached hydrogens (tertiary/aromatic N) is 4. The van der Waals surface area contributed by atoms with Gasteiger partial charge in [0.15, 0.2) is 0 Å². The number of aromatic nitrogens is 3. The molecule has 6 nitrogen and oxygen atoms in total. The summed E-state index contributed by atoms with van der Waals surface area (Å²) in [6, 6.07) is 10.5. The number of carbonyl (C=O) groups is 1. The first-order valence-corrected chi connectivity index (χ1v) is 9.00. The molecule has 25 heavy (non-hydrogen) atoms. The fraction of sp³-hybridized carbons (Fsp3) is 0.526. The zero-order valence-electron chi connectivity index (χ0n) is 14.3. The van der Waals surface area contributed by atoms with Gasteiger partial charge in [0.2, 0.25) is 0 Å². The summed E-state index contributed by atoms with van der Waals surface area (Å²) in [6.07, 6.45) is 5.95. The molecule has 132 valence electrons. The molecule has 0 amide bonds. The van der Waals surface area contributed by atoms with E-state index in [2.05, 4.69) is 39.2 Å². The molecule has 6 heteroatoms. The van der Waals surface area contributed by atoms with Crippen LogP contribution in [-0.4, -0.2) is 50.4 Å². The van der Waals surface area contributed by atoms with Gasteiger partial charge in [0, 0.05) is 19.6 Å². The predicted octanol–water partition coefficient (Wildman–Crippen LogP) is 2.25. The molecule has 4 rings (SSSR count). The lowest BCUT2D eigenvalue weighted by molar-refractivity contribution is -0.152. The molecule has 2 fully saturated rings. The minimum Gasteiger partial charge on any atom is -0.481 e. The Balaban J connectivity index is 1.47. The SMILES string of the molecule is O=C(O)[C@]12CC[C@H](c3ccccc3)C[C@H]1CN(CCn1cncn1)C2. The van der Waals surface area contributed by atoms with Crippen molar-refractivity contribution in [3.8, 4) is 0 Å². The molecule has 1 aromatic heterocycles. The molecule has 0 bridgehead atoms. The first-order valence-electron chi connectivity index (χ1n) is 9.00. The number of fused-ring (bicyclic) bond motifs is 1. The van der Waals surface area contributed by atoms with Crippen molar-refractivity contribution in [3.05, 3.63) is 48.5 Å². The van der Waals surface area contributed by atoms with Gasteiger partial charge in [-0.1, -0.05) is 30.3 Å². The number of likely N-dealkylation sites (tertiary alicyclic amines) is 1. The van der Waals surface area contributed by atoms with Crippen molar-refractivity contribution in [1.82, 2.24) is 19.7 Å². The fourth-order valence-corrected chi connectivity index (χ4v) is 4.70. The monoisotopic (exact) mass is 340 g/mol. The molecule has 0 spiro atoms. The van der Waals surface area contributed by atoms with Gasteiger partial charge < -0.3 is 10.0 Å². The molecule has 2 heterocycles. The third-order valence-electron chi connectivity index (χ3n) is 6.08. The van der Waals surface area contributed by atoms with E-state index in [4.69, 9.17) is 0 Å². The lowest BCUT2D eigenvalue weighted by atomic mass is 9.64. The molecule has 0 unspecified atom stereocenters. The quantitative estimate of drug-likeness (QED) is 0.904. The Morgan fingerprint density at radius 3 is 2.84 bits per heavy atom. The van der Waals surface area contributed by atoms with Crippen LogP contribution in [0.1, 0.15) is 30.7 Å². The van der Waals surface area contributed by atoms with Crippen molar-refractivity contribution < 1.29 is 9.90 Å². The molecule has 2 aromatic rings. The van der Waals surface area contributed by atoms with Crippen LogP contribution in [0, 0.1) is 11.3 Å². The summed E-state index contributed by atoms with van der Waals surface area (Å²) in [6.45, 7) is 3.10. The van der Waals surface area contributed by atoms with Crippen LogP contribution in [0.3, 0.4) is 0 Å². The van der Waals surface area contributed by atoms with Crippen molar-refractivity contribution in [3.63, 3.8) is 0 Å². The lowest BCUT2D eigenvalue weighted by Gasteiger charge is -2.38. The van der Waals surface area contributed by atoms with Gasteiger partial charge in [-0.2, -0.15) is 5.10 Å². The summed E-state index contributed by atoms with van der Waals surface area (Å²) in [5.41, 5.74) is 0.774. The fourth-order valence-electron chi connectivity index (χ4n) is 4.70.